The minimum Gasteiger partial charge on any atom is -0.481 e. The molecule has 0 unspecified atom stereocenters. The van der Waals surface area contributed by atoms with Crippen LogP contribution in [-0.2, 0) is 14.3 Å². The maximum absolute atomic E-state index is 13.6. The molecule has 0 radical (unpaired) electrons. The first-order chi connectivity index (χ1) is 16.2. The maximum Gasteiger partial charge on any atom is 0.344 e. The van der Waals surface area contributed by atoms with Crippen molar-refractivity contribution in [1.82, 2.24) is 4.90 Å². The summed E-state index contributed by atoms with van der Waals surface area (Å²) in [4.78, 5) is 33.0. The van der Waals surface area contributed by atoms with Crippen LogP contribution in [0.5, 0.6) is 5.75 Å². The van der Waals surface area contributed by atoms with Crippen LogP contribution in [0.4, 0.5) is 0 Å². The van der Waals surface area contributed by atoms with Crippen LogP contribution in [0.2, 0.25) is 0 Å². The predicted octanol–water partition coefficient (Wildman–Crippen LogP) is 5.57. The molecule has 2 aliphatic carbocycles. The van der Waals surface area contributed by atoms with Crippen molar-refractivity contribution in [1.29, 1.82) is 0 Å². The van der Waals surface area contributed by atoms with Gasteiger partial charge in [0.2, 0.25) is 0 Å². The van der Waals surface area contributed by atoms with Crippen LogP contribution in [0.1, 0.15) is 76.7 Å². The van der Waals surface area contributed by atoms with Crippen molar-refractivity contribution >= 4 is 34.9 Å². The zero-order valence-electron chi connectivity index (χ0n) is 19.5. The number of para-hydroxylation sites is 1. The van der Waals surface area contributed by atoms with Gasteiger partial charge in [0.05, 0.1) is 17.6 Å². The molecule has 1 aliphatic heterocycles. The van der Waals surface area contributed by atoms with E-state index in [2.05, 4.69) is 0 Å². The molecule has 3 fully saturated rings. The second-order valence-corrected chi connectivity index (χ2v) is 9.92. The number of carbonyl (C=O) groups excluding carboxylic acids is 2. The third-order valence-electron chi connectivity index (χ3n) is 6.50. The lowest BCUT2D eigenvalue weighted by molar-refractivity contribution is -0.145. The highest BCUT2D eigenvalue weighted by molar-refractivity contribution is 8.18. The number of carbonyl (C=O) groups is 2. The monoisotopic (exact) mass is 470 g/mol. The summed E-state index contributed by atoms with van der Waals surface area (Å²) in [6.45, 7) is 1.93. The van der Waals surface area contributed by atoms with E-state index in [4.69, 9.17) is 14.5 Å². The van der Waals surface area contributed by atoms with Crippen LogP contribution in [-0.4, -0.2) is 47.2 Å². The van der Waals surface area contributed by atoms with Gasteiger partial charge in [-0.1, -0.05) is 56.7 Å². The largest absolute Gasteiger partial charge is 0.481 e. The second-order valence-electron chi connectivity index (χ2n) is 8.91. The van der Waals surface area contributed by atoms with E-state index < -0.39 is 5.97 Å². The summed E-state index contributed by atoms with van der Waals surface area (Å²) in [5.74, 6) is 0.201. The van der Waals surface area contributed by atoms with Gasteiger partial charge in [-0.2, -0.15) is 0 Å². The lowest BCUT2D eigenvalue weighted by atomic mass is 9.94. The Hall–Kier alpha value is -2.28. The number of amidine groups is 1. The van der Waals surface area contributed by atoms with Crippen LogP contribution in [0.15, 0.2) is 34.2 Å². The molecule has 1 saturated heterocycles. The molecule has 33 heavy (non-hydrogen) atoms. The topological polar surface area (TPSA) is 68.2 Å². The first-order valence-corrected chi connectivity index (χ1v) is 13.2. The average Bonchev–Trinajstić information content (AvgIpc) is 3.14. The number of nitrogens with zero attached hydrogens (tertiary/aromatic N) is 2. The number of aliphatic imine (C=N–C) groups is 1. The first-order valence-electron chi connectivity index (χ1n) is 12.3. The van der Waals surface area contributed by atoms with Gasteiger partial charge in [0.25, 0.3) is 5.91 Å². The lowest BCUT2D eigenvalue weighted by Crippen LogP contribution is -2.41. The highest BCUT2D eigenvalue weighted by Crippen LogP contribution is 2.39. The van der Waals surface area contributed by atoms with Crippen molar-refractivity contribution in [2.24, 2.45) is 4.99 Å². The number of esters is 1. The van der Waals surface area contributed by atoms with Crippen LogP contribution in [0, 0.1) is 0 Å². The first kappa shape index (κ1) is 23.9. The van der Waals surface area contributed by atoms with Crippen LogP contribution in [0.3, 0.4) is 0 Å². The second kappa shape index (κ2) is 11.7. The molecule has 178 valence electrons. The minimum absolute atomic E-state index is 0.0432. The van der Waals surface area contributed by atoms with E-state index in [1.54, 1.807) is 6.92 Å². The minimum atomic E-state index is -0.406. The number of hydrogen-bond donors (Lipinski definition) is 0. The fraction of sp³-hybridized carbons (Fsp3) is 0.577. The van der Waals surface area contributed by atoms with Crippen molar-refractivity contribution < 1.29 is 19.1 Å². The van der Waals surface area contributed by atoms with E-state index in [1.165, 1.54) is 50.3 Å². The lowest BCUT2D eigenvalue weighted by Gasteiger charge is -2.31. The summed E-state index contributed by atoms with van der Waals surface area (Å²) in [6.07, 6.45) is 13.5. The molecule has 1 aromatic carbocycles. The van der Waals surface area contributed by atoms with Gasteiger partial charge in [-0.05, 0) is 56.5 Å². The molecule has 1 amide bonds. The maximum atomic E-state index is 13.6. The van der Waals surface area contributed by atoms with Crippen molar-refractivity contribution in [3.8, 4) is 5.75 Å². The average molecular weight is 471 g/mol. The molecule has 4 rings (SSSR count). The zero-order chi connectivity index (χ0) is 23.0. The van der Waals surface area contributed by atoms with Gasteiger partial charge in [0.1, 0.15) is 5.75 Å². The predicted molar refractivity (Wildman–Crippen MR) is 132 cm³/mol. The zero-order valence-corrected chi connectivity index (χ0v) is 20.3. The molecule has 6 nitrogen and oxygen atoms in total. The normalized spacial score (nSPS) is 22.8. The van der Waals surface area contributed by atoms with Crippen molar-refractivity contribution in [3.63, 3.8) is 0 Å². The Balaban J connectivity index is 1.58. The van der Waals surface area contributed by atoms with E-state index in [1.807, 2.05) is 35.2 Å². The van der Waals surface area contributed by atoms with Gasteiger partial charge in [0, 0.05) is 11.6 Å². The summed E-state index contributed by atoms with van der Waals surface area (Å²) in [6, 6.07) is 8.04. The third-order valence-corrected chi connectivity index (χ3v) is 7.50. The molecule has 2 saturated carbocycles. The highest BCUT2D eigenvalue weighted by Gasteiger charge is 2.39. The van der Waals surface area contributed by atoms with Crippen molar-refractivity contribution in [3.05, 3.63) is 34.7 Å². The Morgan fingerprint density at radius 2 is 1.79 bits per heavy atom. The van der Waals surface area contributed by atoms with Crippen LogP contribution >= 0.6 is 11.8 Å². The third kappa shape index (κ3) is 6.19. The molecule has 0 spiro atoms. The summed E-state index contributed by atoms with van der Waals surface area (Å²) in [7, 11) is 0. The number of ether oxygens (including phenoxy) is 2. The van der Waals surface area contributed by atoms with Gasteiger partial charge >= 0.3 is 5.97 Å². The Bertz CT molecular complexity index is 901. The van der Waals surface area contributed by atoms with Gasteiger partial charge < -0.3 is 9.47 Å². The van der Waals surface area contributed by atoms with Gasteiger partial charge in [-0.3, -0.25) is 14.7 Å². The molecular formula is C26H34N2O4S. The molecule has 3 aliphatic rings. The number of hydrogen-bond acceptors (Lipinski definition) is 6. The Labute approximate surface area is 200 Å². The summed E-state index contributed by atoms with van der Waals surface area (Å²) < 4.78 is 10.7. The van der Waals surface area contributed by atoms with Crippen LogP contribution in [0.25, 0.3) is 6.08 Å². The van der Waals surface area contributed by atoms with Crippen molar-refractivity contribution in [2.45, 2.75) is 83.2 Å². The van der Waals surface area contributed by atoms with E-state index >= 15 is 0 Å². The van der Waals surface area contributed by atoms with Gasteiger partial charge in [-0.15, -0.1) is 0 Å². The van der Waals surface area contributed by atoms with E-state index in [0.717, 1.165) is 36.4 Å². The number of thioether (sulfide) groups is 1. The number of rotatable bonds is 7. The Kier molecular flexibility index (Phi) is 8.48. The van der Waals surface area contributed by atoms with E-state index in [9.17, 15) is 9.59 Å². The Morgan fingerprint density at radius 1 is 1.09 bits per heavy atom. The van der Waals surface area contributed by atoms with E-state index in [0.29, 0.717) is 23.3 Å². The molecule has 0 aromatic heterocycles. The van der Waals surface area contributed by atoms with Crippen LogP contribution < -0.4 is 4.74 Å². The summed E-state index contributed by atoms with van der Waals surface area (Å²) >= 11 is 1.49. The SMILES string of the molecule is CCOC(=O)COc1ccccc1C=C1SC(=NC2CCCCC2)N(C2CCCCC2)C1=O. The highest BCUT2D eigenvalue weighted by atomic mass is 32.2. The molecule has 7 heteroatoms. The number of amides is 1. The fourth-order valence-corrected chi connectivity index (χ4v) is 5.92. The molecule has 0 N–H and O–H groups in total. The Morgan fingerprint density at radius 3 is 2.52 bits per heavy atom. The summed E-state index contributed by atoms with van der Waals surface area (Å²) in [5.41, 5.74) is 0.778. The smallest absolute Gasteiger partial charge is 0.344 e. The standard InChI is InChI=1S/C26H34N2O4S/c1-2-31-24(29)18-32-22-16-10-9-11-19(22)17-23-25(30)28(21-14-7-4-8-15-21)26(33-23)27-20-12-5-3-6-13-20/h9-11,16-17,20-21H,2-8,12-15,18H2,1H3. The van der Waals surface area contributed by atoms with Gasteiger partial charge in [-0.25, -0.2) is 4.79 Å². The molecule has 0 bridgehead atoms. The molecule has 1 heterocycles. The quantitative estimate of drug-likeness (QED) is 0.385. The molecular weight excluding hydrogens is 436 g/mol. The molecule has 1 aromatic rings. The number of benzene rings is 1. The van der Waals surface area contributed by atoms with Gasteiger partial charge in [0.15, 0.2) is 11.8 Å². The van der Waals surface area contributed by atoms with E-state index in [-0.39, 0.29) is 18.6 Å². The molecule has 0 atom stereocenters. The fourth-order valence-electron chi connectivity index (χ4n) is 4.82. The van der Waals surface area contributed by atoms with Crippen molar-refractivity contribution in [2.75, 3.05) is 13.2 Å². The summed E-state index contributed by atoms with van der Waals surface area (Å²) in [5, 5.41) is 0.870.